The first kappa shape index (κ1) is 14.1. The van der Waals surface area contributed by atoms with Gasteiger partial charge in [-0.3, -0.25) is 0 Å². The van der Waals surface area contributed by atoms with Gasteiger partial charge in [-0.15, -0.1) is 0 Å². The van der Waals surface area contributed by atoms with Gasteiger partial charge in [-0.05, 0) is 28.8 Å². The number of halogens is 1. The zero-order chi connectivity index (χ0) is 14.8. The maximum Gasteiger partial charge on any atom is 0.135 e. The normalized spacial score (nSPS) is 13.9. The third-order valence-corrected chi connectivity index (χ3v) is 3.68. The molecule has 110 valence electrons. The molecule has 1 aromatic heterocycles. The van der Waals surface area contributed by atoms with Gasteiger partial charge in [-0.2, -0.15) is 0 Å². The Morgan fingerprint density at radius 3 is 2.29 bits per heavy atom. The molecular weight excluding hydrogens is 334 g/mol. The minimum atomic E-state index is 0.503. The topological polar surface area (TPSA) is 56.3 Å². The molecule has 6 heteroatoms. The Morgan fingerprint density at radius 1 is 1.05 bits per heavy atom. The molecule has 0 radical (unpaired) electrons. The number of rotatable bonds is 5. The molecule has 1 aliphatic rings. The van der Waals surface area contributed by atoms with Gasteiger partial charge in [0, 0.05) is 35.9 Å². The molecule has 2 aromatic rings. The van der Waals surface area contributed by atoms with E-state index in [0.29, 0.717) is 5.92 Å². The molecule has 0 atom stereocenters. The maximum absolute atomic E-state index is 5.27. The number of nitrogens with zero attached hydrogens (tertiary/aromatic N) is 2. The van der Waals surface area contributed by atoms with E-state index in [2.05, 4.69) is 31.2 Å². The number of anilines is 2. The summed E-state index contributed by atoms with van der Waals surface area (Å²) in [6, 6.07) is 7.49. The van der Waals surface area contributed by atoms with Gasteiger partial charge in [-0.25, -0.2) is 9.97 Å². The highest BCUT2D eigenvalue weighted by Gasteiger charge is 2.27. The minimum absolute atomic E-state index is 0.503. The summed E-state index contributed by atoms with van der Waals surface area (Å²) in [5, 5.41) is 3.28. The summed E-state index contributed by atoms with van der Waals surface area (Å²) in [7, 11) is 3.26. The van der Waals surface area contributed by atoms with Crippen molar-refractivity contribution in [2.24, 2.45) is 0 Å². The molecule has 1 fully saturated rings. The first-order valence-corrected chi connectivity index (χ1v) is 7.52. The molecule has 0 spiro atoms. The Bertz CT molecular complexity index is 637. The lowest BCUT2D eigenvalue weighted by atomic mass is 10.2. The van der Waals surface area contributed by atoms with E-state index in [-0.39, 0.29) is 0 Å². The fraction of sp³-hybridized carbons (Fsp3) is 0.333. The van der Waals surface area contributed by atoms with Crippen LogP contribution in [0.1, 0.15) is 24.6 Å². The molecule has 1 N–H and O–H groups in total. The van der Waals surface area contributed by atoms with Gasteiger partial charge in [0.15, 0.2) is 0 Å². The average molecular weight is 350 g/mol. The van der Waals surface area contributed by atoms with Crippen molar-refractivity contribution in [2.45, 2.75) is 18.8 Å². The van der Waals surface area contributed by atoms with Gasteiger partial charge < -0.3 is 14.8 Å². The quantitative estimate of drug-likeness (QED) is 0.830. The molecule has 0 saturated heterocycles. The number of methoxy groups -OCH3 is 2. The van der Waals surface area contributed by atoms with Crippen LogP contribution in [0.3, 0.4) is 0 Å². The lowest BCUT2D eigenvalue weighted by molar-refractivity contribution is 0.395. The van der Waals surface area contributed by atoms with E-state index in [9.17, 15) is 0 Å². The van der Waals surface area contributed by atoms with Crippen molar-refractivity contribution in [3.05, 3.63) is 34.7 Å². The lowest BCUT2D eigenvalue weighted by Gasteiger charge is -2.11. The van der Waals surface area contributed by atoms with Crippen LogP contribution in [0.5, 0.6) is 11.5 Å². The van der Waals surface area contributed by atoms with Crippen LogP contribution in [0.4, 0.5) is 11.5 Å². The first-order valence-electron chi connectivity index (χ1n) is 6.72. The van der Waals surface area contributed by atoms with Crippen molar-refractivity contribution in [1.29, 1.82) is 0 Å². The molecule has 1 aliphatic carbocycles. The summed E-state index contributed by atoms with van der Waals surface area (Å²) in [5.41, 5.74) is 0.860. The summed E-state index contributed by atoms with van der Waals surface area (Å²) >= 11 is 3.44. The van der Waals surface area contributed by atoms with Gasteiger partial charge in [0.05, 0.1) is 14.2 Å². The molecule has 1 heterocycles. The van der Waals surface area contributed by atoms with E-state index >= 15 is 0 Å². The molecule has 3 rings (SSSR count). The van der Waals surface area contributed by atoms with Crippen molar-refractivity contribution in [3.63, 3.8) is 0 Å². The number of nitrogens with one attached hydrogen (secondary N) is 1. The van der Waals surface area contributed by atoms with Gasteiger partial charge in [0.1, 0.15) is 27.7 Å². The molecule has 0 unspecified atom stereocenters. The predicted molar refractivity (Wildman–Crippen MR) is 84.5 cm³/mol. The first-order chi connectivity index (χ1) is 10.2. The fourth-order valence-corrected chi connectivity index (χ4v) is 2.45. The molecular formula is C15H16BrN3O2. The highest BCUT2D eigenvalue weighted by molar-refractivity contribution is 9.10. The van der Waals surface area contributed by atoms with Crippen molar-refractivity contribution >= 4 is 27.4 Å². The third-order valence-electron chi connectivity index (χ3n) is 3.28. The average Bonchev–Trinajstić information content (AvgIpc) is 3.30. The Hall–Kier alpha value is -1.82. The van der Waals surface area contributed by atoms with Crippen molar-refractivity contribution in [1.82, 2.24) is 9.97 Å². The van der Waals surface area contributed by atoms with Gasteiger partial charge in [0.25, 0.3) is 0 Å². The van der Waals surface area contributed by atoms with Crippen molar-refractivity contribution < 1.29 is 9.47 Å². The van der Waals surface area contributed by atoms with Gasteiger partial charge in [0.2, 0.25) is 0 Å². The van der Waals surface area contributed by atoms with Crippen LogP contribution in [0.2, 0.25) is 0 Å². The van der Waals surface area contributed by atoms with Crippen LogP contribution in [0.15, 0.2) is 28.9 Å². The Morgan fingerprint density at radius 2 is 1.71 bits per heavy atom. The molecule has 0 bridgehead atoms. The number of aromatic nitrogens is 2. The number of hydrogen-bond acceptors (Lipinski definition) is 5. The largest absolute Gasteiger partial charge is 0.497 e. The van der Waals surface area contributed by atoms with E-state index in [1.54, 1.807) is 14.2 Å². The Kier molecular flexibility index (Phi) is 3.96. The molecule has 0 aliphatic heterocycles. The SMILES string of the molecule is COc1cc(Nc2cc(Br)nc(C3CC3)n2)cc(OC)c1. The van der Waals surface area contributed by atoms with Crippen LogP contribution < -0.4 is 14.8 Å². The van der Waals surface area contributed by atoms with Crippen molar-refractivity contribution in [3.8, 4) is 11.5 Å². The Labute approximate surface area is 131 Å². The number of benzene rings is 1. The van der Waals surface area contributed by atoms with Crippen LogP contribution in [0, 0.1) is 0 Å². The predicted octanol–water partition coefficient (Wildman–Crippen LogP) is 3.88. The highest BCUT2D eigenvalue weighted by Crippen LogP contribution is 2.39. The second-order valence-electron chi connectivity index (χ2n) is 4.93. The van der Waals surface area contributed by atoms with Crippen LogP contribution >= 0.6 is 15.9 Å². The Balaban J connectivity index is 1.88. The second kappa shape index (κ2) is 5.89. The van der Waals surface area contributed by atoms with E-state index in [1.165, 1.54) is 12.8 Å². The van der Waals surface area contributed by atoms with E-state index in [0.717, 1.165) is 33.4 Å². The maximum atomic E-state index is 5.27. The highest BCUT2D eigenvalue weighted by atomic mass is 79.9. The van der Waals surface area contributed by atoms with E-state index < -0.39 is 0 Å². The summed E-state index contributed by atoms with van der Waals surface area (Å²) in [5.74, 6) is 3.61. The fourth-order valence-electron chi connectivity index (χ4n) is 2.05. The molecule has 5 nitrogen and oxygen atoms in total. The zero-order valence-electron chi connectivity index (χ0n) is 11.9. The summed E-state index contributed by atoms with van der Waals surface area (Å²) < 4.78 is 11.3. The van der Waals surface area contributed by atoms with Gasteiger partial charge in [-0.1, -0.05) is 0 Å². The molecule has 1 saturated carbocycles. The van der Waals surface area contributed by atoms with Gasteiger partial charge >= 0.3 is 0 Å². The van der Waals surface area contributed by atoms with Crippen LogP contribution in [-0.4, -0.2) is 24.2 Å². The molecule has 1 aromatic carbocycles. The summed E-state index contributed by atoms with van der Waals surface area (Å²) in [6.45, 7) is 0. The second-order valence-corrected chi connectivity index (χ2v) is 5.75. The standard InChI is InChI=1S/C15H16BrN3O2/c1-20-11-5-10(6-12(7-11)21-2)17-14-8-13(16)18-15(19-14)9-3-4-9/h5-9H,3-4H2,1-2H3,(H,17,18,19). The smallest absolute Gasteiger partial charge is 0.135 e. The van der Waals surface area contributed by atoms with Crippen LogP contribution in [-0.2, 0) is 0 Å². The molecule has 21 heavy (non-hydrogen) atoms. The third kappa shape index (κ3) is 3.44. The molecule has 0 amide bonds. The lowest BCUT2D eigenvalue weighted by Crippen LogP contribution is -2.00. The zero-order valence-corrected chi connectivity index (χ0v) is 13.5. The van der Waals surface area contributed by atoms with E-state index in [4.69, 9.17) is 9.47 Å². The number of hydrogen-bond donors (Lipinski definition) is 1. The monoisotopic (exact) mass is 349 g/mol. The number of ether oxygens (including phenoxy) is 2. The van der Waals surface area contributed by atoms with E-state index in [1.807, 2.05) is 24.3 Å². The van der Waals surface area contributed by atoms with Crippen molar-refractivity contribution in [2.75, 3.05) is 19.5 Å². The summed E-state index contributed by atoms with van der Waals surface area (Å²) in [4.78, 5) is 8.99. The minimum Gasteiger partial charge on any atom is -0.497 e. The summed E-state index contributed by atoms with van der Waals surface area (Å²) in [6.07, 6.45) is 2.34. The van der Waals surface area contributed by atoms with Crippen LogP contribution in [0.25, 0.3) is 0 Å².